The molecule has 2 atom stereocenters. The predicted octanol–water partition coefficient (Wildman–Crippen LogP) is 2.27. The smallest absolute Gasteiger partial charge is 0.269 e. The molecule has 6 heteroatoms. The zero-order valence-electron chi connectivity index (χ0n) is 11.8. The van der Waals surface area contributed by atoms with Gasteiger partial charge in [-0.2, -0.15) is 0 Å². The van der Waals surface area contributed by atoms with Crippen LogP contribution >= 0.6 is 0 Å². The molecule has 0 radical (unpaired) electrons. The highest BCUT2D eigenvalue weighted by molar-refractivity contribution is 5.94. The topological polar surface area (TPSA) is 92.5 Å². The summed E-state index contributed by atoms with van der Waals surface area (Å²) >= 11 is 0. The molecule has 2 unspecified atom stereocenters. The van der Waals surface area contributed by atoms with E-state index in [1.165, 1.54) is 24.3 Å². The molecular formula is C15H20N2O4. The number of nitro benzene ring substituents is 1. The van der Waals surface area contributed by atoms with E-state index in [2.05, 4.69) is 5.32 Å². The fourth-order valence-corrected chi connectivity index (χ4v) is 2.78. The summed E-state index contributed by atoms with van der Waals surface area (Å²) in [5, 5.41) is 23.0. The number of benzene rings is 1. The summed E-state index contributed by atoms with van der Waals surface area (Å²) in [6, 6.07) is 5.54. The second kappa shape index (κ2) is 7.17. The molecule has 1 aliphatic rings. The maximum atomic E-state index is 12.2. The van der Waals surface area contributed by atoms with Crippen molar-refractivity contribution in [2.24, 2.45) is 5.92 Å². The lowest BCUT2D eigenvalue weighted by atomic mass is 9.95. The maximum Gasteiger partial charge on any atom is 0.269 e. The number of hydrogen-bond donors (Lipinski definition) is 2. The predicted molar refractivity (Wildman–Crippen MR) is 78.0 cm³/mol. The Labute approximate surface area is 123 Å². The third-order valence-electron chi connectivity index (χ3n) is 4.05. The van der Waals surface area contributed by atoms with Crippen LogP contribution in [0.2, 0.25) is 0 Å². The number of carbonyl (C=O) groups is 1. The molecule has 1 fully saturated rings. The summed E-state index contributed by atoms with van der Waals surface area (Å²) in [5.41, 5.74) is 0.371. The van der Waals surface area contributed by atoms with Gasteiger partial charge in [-0.15, -0.1) is 0 Å². The Morgan fingerprint density at radius 3 is 2.52 bits per heavy atom. The molecule has 1 saturated carbocycles. The Morgan fingerprint density at radius 1 is 1.24 bits per heavy atom. The minimum absolute atomic E-state index is 0.0276. The van der Waals surface area contributed by atoms with Crippen molar-refractivity contribution in [1.29, 1.82) is 0 Å². The van der Waals surface area contributed by atoms with Gasteiger partial charge in [-0.3, -0.25) is 14.9 Å². The van der Waals surface area contributed by atoms with Gasteiger partial charge in [-0.25, -0.2) is 0 Å². The number of amides is 1. The van der Waals surface area contributed by atoms with E-state index in [1.807, 2.05) is 0 Å². The van der Waals surface area contributed by atoms with Crippen LogP contribution in [0.15, 0.2) is 24.3 Å². The third-order valence-corrected chi connectivity index (χ3v) is 4.05. The summed E-state index contributed by atoms with van der Waals surface area (Å²) in [5.74, 6) is -0.148. The zero-order valence-corrected chi connectivity index (χ0v) is 11.8. The standard InChI is InChI=1S/C15H20N2O4/c18-10-12-4-2-1-3-5-14(12)16-15(19)11-6-8-13(9-7-11)17(20)21/h6-9,12,14,18H,1-5,10H2,(H,16,19). The van der Waals surface area contributed by atoms with Crippen LogP contribution in [0.1, 0.15) is 42.5 Å². The molecule has 2 N–H and O–H groups in total. The van der Waals surface area contributed by atoms with E-state index in [9.17, 15) is 20.0 Å². The summed E-state index contributed by atoms with van der Waals surface area (Å²) in [6.07, 6.45) is 5.03. The molecule has 21 heavy (non-hydrogen) atoms. The number of non-ortho nitro benzene ring substituents is 1. The van der Waals surface area contributed by atoms with E-state index >= 15 is 0 Å². The van der Waals surface area contributed by atoms with Gasteiger partial charge in [0.2, 0.25) is 0 Å². The molecule has 1 amide bonds. The monoisotopic (exact) mass is 292 g/mol. The van der Waals surface area contributed by atoms with Crippen molar-refractivity contribution >= 4 is 11.6 Å². The van der Waals surface area contributed by atoms with Crippen molar-refractivity contribution < 1.29 is 14.8 Å². The van der Waals surface area contributed by atoms with Crippen LogP contribution in [0, 0.1) is 16.0 Å². The molecule has 0 bridgehead atoms. The Balaban J connectivity index is 2.03. The molecule has 1 aromatic carbocycles. The van der Waals surface area contributed by atoms with E-state index in [0.29, 0.717) is 5.56 Å². The van der Waals surface area contributed by atoms with Crippen molar-refractivity contribution in [3.8, 4) is 0 Å². The molecule has 1 aliphatic carbocycles. The van der Waals surface area contributed by atoms with Gasteiger partial charge in [0.05, 0.1) is 4.92 Å². The molecule has 0 aromatic heterocycles. The second-order valence-electron chi connectivity index (χ2n) is 5.46. The first kappa shape index (κ1) is 15.4. The van der Waals surface area contributed by atoms with Crippen molar-refractivity contribution in [2.75, 3.05) is 6.61 Å². The number of aliphatic hydroxyl groups excluding tert-OH is 1. The molecule has 0 aliphatic heterocycles. The highest BCUT2D eigenvalue weighted by Crippen LogP contribution is 2.23. The van der Waals surface area contributed by atoms with Crippen LogP contribution in [0.4, 0.5) is 5.69 Å². The number of aliphatic hydroxyl groups is 1. The van der Waals surface area contributed by atoms with Crippen LogP contribution in [-0.4, -0.2) is 28.6 Å². The maximum absolute atomic E-state index is 12.2. The second-order valence-corrected chi connectivity index (χ2v) is 5.46. The van der Waals surface area contributed by atoms with Crippen molar-refractivity contribution in [3.05, 3.63) is 39.9 Å². The average molecular weight is 292 g/mol. The molecule has 6 nitrogen and oxygen atoms in total. The number of rotatable bonds is 4. The van der Waals surface area contributed by atoms with E-state index in [4.69, 9.17) is 0 Å². The van der Waals surface area contributed by atoms with Crippen molar-refractivity contribution in [3.63, 3.8) is 0 Å². The lowest BCUT2D eigenvalue weighted by Crippen LogP contribution is -2.41. The molecule has 114 valence electrons. The van der Waals surface area contributed by atoms with Crippen LogP contribution < -0.4 is 5.32 Å². The lowest BCUT2D eigenvalue weighted by Gasteiger charge is -2.24. The van der Waals surface area contributed by atoms with Gasteiger partial charge in [0.25, 0.3) is 11.6 Å². The van der Waals surface area contributed by atoms with Crippen LogP contribution in [0.5, 0.6) is 0 Å². The highest BCUT2D eigenvalue weighted by Gasteiger charge is 2.25. The van der Waals surface area contributed by atoms with Gasteiger partial charge in [0, 0.05) is 36.3 Å². The van der Waals surface area contributed by atoms with E-state index < -0.39 is 4.92 Å². The van der Waals surface area contributed by atoms with E-state index in [1.54, 1.807) is 0 Å². The molecule has 0 spiro atoms. The summed E-state index contributed by atoms with van der Waals surface area (Å²) < 4.78 is 0. The number of hydrogen-bond acceptors (Lipinski definition) is 4. The largest absolute Gasteiger partial charge is 0.396 e. The van der Waals surface area contributed by atoms with Crippen LogP contribution in [0.25, 0.3) is 0 Å². The Bertz CT molecular complexity index is 501. The number of carbonyl (C=O) groups excluding carboxylic acids is 1. The Kier molecular flexibility index (Phi) is 5.27. The lowest BCUT2D eigenvalue weighted by molar-refractivity contribution is -0.384. The molecule has 0 saturated heterocycles. The number of nitro groups is 1. The number of nitrogens with one attached hydrogen (secondary N) is 1. The normalized spacial score (nSPS) is 22.3. The van der Waals surface area contributed by atoms with E-state index in [-0.39, 0.29) is 30.2 Å². The minimum atomic E-state index is -0.491. The van der Waals surface area contributed by atoms with Crippen molar-refractivity contribution in [2.45, 2.75) is 38.1 Å². The van der Waals surface area contributed by atoms with Crippen molar-refractivity contribution in [1.82, 2.24) is 5.32 Å². The molecule has 2 rings (SSSR count). The van der Waals surface area contributed by atoms with Crippen LogP contribution in [-0.2, 0) is 0 Å². The fraction of sp³-hybridized carbons (Fsp3) is 0.533. The Morgan fingerprint density at radius 2 is 1.90 bits per heavy atom. The van der Waals surface area contributed by atoms with Crippen LogP contribution in [0.3, 0.4) is 0 Å². The third kappa shape index (κ3) is 4.01. The summed E-state index contributed by atoms with van der Waals surface area (Å²) in [6.45, 7) is 0.0746. The van der Waals surface area contributed by atoms with E-state index in [0.717, 1.165) is 32.1 Å². The quantitative estimate of drug-likeness (QED) is 0.506. The summed E-state index contributed by atoms with van der Waals surface area (Å²) in [7, 11) is 0. The Hall–Kier alpha value is -1.95. The number of nitrogens with zero attached hydrogens (tertiary/aromatic N) is 1. The summed E-state index contributed by atoms with van der Waals surface area (Å²) in [4.78, 5) is 22.3. The molecule has 0 heterocycles. The highest BCUT2D eigenvalue weighted by atomic mass is 16.6. The first-order valence-electron chi connectivity index (χ1n) is 7.28. The van der Waals surface area contributed by atoms with Gasteiger partial charge in [-0.05, 0) is 25.0 Å². The zero-order chi connectivity index (χ0) is 15.2. The first-order valence-corrected chi connectivity index (χ1v) is 7.28. The van der Waals surface area contributed by atoms with Gasteiger partial charge >= 0.3 is 0 Å². The molecular weight excluding hydrogens is 272 g/mol. The minimum Gasteiger partial charge on any atom is -0.396 e. The molecule has 1 aromatic rings. The van der Waals surface area contributed by atoms with Gasteiger partial charge in [-0.1, -0.05) is 19.3 Å². The van der Waals surface area contributed by atoms with Gasteiger partial charge in [0.15, 0.2) is 0 Å². The van der Waals surface area contributed by atoms with Gasteiger partial charge in [0.1, 0.15) is 0 Å². The van der Waals surface area contributed by atoms with Gasteiger partial charge < -0.3 is 10.4 Å². The first-order chi connectivity index (χ1) is 10.1. The average Bonchev–Trinajstić information content (AvgIpc) is 2.72. The SMILES string of the molecule is O=C(NC1CCCCCC1CO)c1ccc([N+](=O)[O-])cc1. The fourth-order valence-electron chi connectivity index (χ4n) is 2.78.